The lowest BCUT2D eigenvalue weighted by Crippen LogP contribution is -2.16. The maximum absolute atomic E-state index is 11.7. The van der Waals surface area contributed by atoms with E-state index < -0.39 is 5.97 Å². The molecule has 2 aromatic rings. The van der Waals surface area contributed by atoms with Crippen molar-refractivity contribution in [2.24, 2.45) is 0 Å². The summed E-state index contributed by atoms with van der Waals surface area (Å²) in [7, 11) is 1.30. The summed E-state index contributed by atoms with van der Waals surface area (Å²) in [5.41, 5.74) is 7.67. The number of ether oxygens (including phenoxy) is 2. The van der Waals surface area contributed by atoms with Gasteiger partial charge in [0.15, 0.2) is 11.9 Å². The van der Waals surface area contributed by atoms with Crippen molar-refractivity contribution in [2.75, 3.05) is 12.8 Å². The fourth-order valence-corrected chi connectivity index (χ4v) is 2.44. The first-order valence-electron chi connectivity index (χ1n) is 6.57. The molecule has 1 aromatic carbocycles. The fraction of sp³-hybridized carbons (Fsp3) is 0.267. The molecule has 1 aromatic heterocycles. The lowest BCUT2D eigenvalue weighted by Gasteiger charge is -2.13. The molecule has 0 amide bonds. The molecule has 0 radical (unpaired) electrons. The van der Waals surface area contributed by atoms with Gasteiger partial charge in [-0.15, -0.1) is 0 Å². The highest BCUT2D eigenvalue weighted by molar-refractivity contribution is 5.95. The molecule has 0 bridgehead atoms. The number of esters is 1. The van der Waals surface area contributed by atoms with Crippen LogP contribution in [0.5, 0.6) is 5.75 Å². The molecule has 108 valence electrons. The van der Waals surface area contributed by atoms with Gasteiger partial charge in [-0.3, -0.25) is 0 Å². The molecule has 1 aliphatic heterocycles. The SMILES string of the molecule is COC(=O)c1c(C)nc(C2Cc3ccccc3O2)nc1N. The van der Waals surface area contributed by atoms with E-state index in [0.29, 0.717) is 17.9 Å². The van der Waals surface area contributed by atoms with Gasteiger partial charge >= 0.3 is 5.97 Å². The normalized spacial score (nSPS) is 16.2. The standard InChI is InChI=1S/C15H15N3O3/c1-8-12(15(19)20-2)13(16)18-14(17-8)11-7-9-5-3-4-6-10(9)21-11/h3-6,11H,7H2,1-2H3,(H2,16,17,18). The number of nitrogens with zero attached hydrogens (tertiary/aromatic N) is 2. The molecule has 2 N–H and O–H groups in total. The van der Waals surface area contributed by atoms with E-state index in [4.69, 9.17) is 10.5 Å². The Morgan fingerprint density at radius 3 is 2.81 bits per heavy atom. The number of fused-ring (bicyclic) bond motifs is 1. The van der Waals surface area contributed by atoms with Crippen LogP contribution in [0, 0.1) is 6.92 Å². The molecule has 1 aliphatic rings. The van der Waals surface area contributed by atoms with Crippen LogP contribution in [0.25, 0.3) is 0 Å². The fourth-order valence-electron chi connectivity index (χ4n) is 2.44. The van der Waals surface area contributed by atoms with Crippen LogP contribution in [0.3, 0.4) is 0 Å². The summed E-state index contributed by atoms with van der Waals surface area (Å²) in [6.45, 7) is 1.70. The number of anilines is 1. The summed E-state index contributed by atoms with van der Waals surface area (Å²) < 4.78 is 10.5. The lowest BCUT2D eigenvalue weighted by molar-refractivity contribution is 0.0600. The Bertz CT molecular complexity index is 667. The second-order valence-corrected chi connectivity index (χ2v) is 4.84. The molecule has 0 spiro atoms. The van der Waals surface area contributed by atoms with Gasteiger partial charge in [0.05, 0.1) is 12.8 Å². The monoisotopic (exact) mass is 285 g/mol. The van der Waals surface area contributed by atoms with E-state index in [-0.39, 0.29) is 17.5 Å². The van der Waals surface area contributed by atoms with Crippen molar-refractivity contribution in [2.45, 2.75) is 19.4 Å². The molecule has 21 heavy (non-hydrogen) atoms. The van der Waals surface area contributed by atoms with Crippen molar-refractivity contribution in [3.8, 4) is 5.75 Å². The Labute approximate surface area is 121 Å². The number of benzene rings is 1. The third kappa shape index (κ3) is 2.29. The maximum Gasteiger partial charge on any atom is 0.343 e. The number of nitrogens with two attached hydrogens (primary N) is 1. The number of aryl methyl sites for hydroxylation is 1. The van der Waals surface area contributed by atoms with Gasteiger partial charge in [-0.05, 0) is 18.6 Å². The predicted molar refractivity (Wildman–Crippen MR) is 76.0 cm³/mol. The second kappa shape index (κ2) is 5.05. The van der Waals surface area contributed by atoms with Crippen LogP contribution in [0.2, 0.25) is 0 Å². The van der Waals surface area contributed by atoms with Crippen molar-refractivity contribution >= 4 is 11.8 Å². The van der Waals surface area contributed by atoms with E-state index >= 15 is 0 Å². The minimum Gasteiger partial charge on any atom is -0.482 e. The highest BCUT2D eigenvalue weighted by Crippen LogP contribution is 2.35. The van der Waals surface area contributed by atoms with Crippen LogP contribution in [0.15, 0.2) is 24.3 Å². The molecule has 1 atom stereocenters. The Morgan fingerprint density at radius 2 is 2.14 bits per heavy atom. The summed E-state index contributed by atoms with van der Waals surface area (Å²) in [6.07, 6.45) is 0.405. The molecule has 0 saturated carbocycles. The molecule has 0 aliphatic carbocycles. The second-order valence-electron chi connectivity index (χ2n) is 4.84. The molecule has 0 saturated heterocycles. The Balaban J connectivity index is 1.94. The summed E-state index contributed by atoms with van der Waals surface area (Å²) in [5, 5.41) is 0. The Morgan fingerprint density at radius 1 is 1.38 bits per heavy atom. The molecule has 3 rings (SSSR count). The predicted octanol–water partition coefficient (Wildman–Crippen LogP) is 1.83. The first-order chi connectivity index (χ1) is 10.1. The van der Waals surface area contributed by atoms with Crippen LogP contribution in [-0.2, 0) is 11.2 Å². The van der Waals surface area contributed by atoms with Gasteiger partial charge < -0.3 is 15.2 Å². The minimum absolute atomic E-state index is 0.115. The average Bonchev–Trinajstić information content (AvgIpc) is 2.90. The largest absolute Gasteiger partial charge is 0.482 e. The lowest BCUT2D eigenvalue weighted by atomic mass is 10.1. The third-order valence-electron chi connectivity index (χ3n) is 3.46. The molecular formula is C15H15N3O3. The van der Waals surface area contributed by atoms with E-state index in [0.717, 1.165) is 11.3 Å². The number of carbonyl (C=O) groups excluding carboxylic acids is 1. The van der Waals surface area contributed by atoms with Crippen LogP contribution in [0.1, 0.15) is 33.5 Å². The van der Waals surface area contributed by atoms with Crippen molar-refractivity contribution in [3.05, 3.63) is 46.9 Å². The average molecular weight is 285 g/mol. The summed E-state index contributed by atoms with van der Waals surface area (Å²) >= 11 is 0. The van der Waals surface area contributed by atoms with Crippen molar-refractivity contribution in [1.29, 1.82) is 0 Å². The van der Waals surface area contributed by atoms with Crippen molar-refractivity contribution in [3.63, 3.8) is 0 Å². The third-order valence-corrected chi connectivity index (χ3v) is 3.46. The zero-order valence-corrected chi connectivity index (χ0v) is 11.8. The maximum atomic E-state index is 11.7. The van der Waals surface area contributed by atoms with Gasteiger partial charge in [-0.25, -0.2) is 14.8 Å². The van der Waals surface area contributed by atoms with E-state index in [1.54, 1.807) is 6.92 Å². The summed E-state index contributed by atoms with van der Waals surface area (Å²) in [6, 6.07) is 7.80. The summed E-state index contributed by atoms with van der Waals surface area (Å²) in [4.78, 5) is 20.2. The van der Waals surface area contributed by atoms with Gasteiger partial charge in [-0.1, -0.05) is 18.2 Å². The van der Waals surface area contributed by atoms with Crippen LogP contribution in [0.4, 0.5) is 5.82 Å². The van der Waals surface area contributed by atoms with E-state index in [1.165, 1.54) is 7.11 Å². The number of hydrogen-bond acceptors (Lipinski definition) is 6. The number of carbonyl (C=O) groups is 1. The highest BCUT2D eigenvalue weighted by atomic mass is 16.5. The highest BCUT2D eigenvalue weighted by Gasteiger charge is 2.28. The van der Waals surface area contributed by atoms with Gasteiger partial charge in [-0.2, -0.15) is 0 Å². The van der Waals surface area contributed by atoms with Gasteiger partial charge in [0.1, 0.15) is 17.1 Å². The molecule has 6 heteroatoms. The van der Waals surface area contributed by atoms with Gasteiger partial charge in [0.25, 0.3) is 0 Å². The summed E-state index contributed by atoms with van der Waals surface area (Å²) in [5.74, 6) is 0.893. The number of methoxy groups -OCH3 is 1. The number of rotatable bonds is 2. The number of hydrogen-bond donors (Lipinski definition) is 1. The van der Waals surface area contributed by atoms with E-state index in [1.807, 2.05) is 24.3 Å². The minimum atomic E-state index is -0.535. The zero-order valence-electron chi connectivity index (χ0n) is 11.8. The number of aromatic nitrogens is 2. The molecule has 6 nitrogen and oxygen atoms in total. The quantitative estimate of drug-likeness (QED) is 0.847. The first-order valence-corrected chi connectivity index (χ1v) is 6.57. The van der Waals surface area contributed by atoms with Gasteiger partial charge in [0.2, 0.25) is 0 Å². The Kier molecular flexibility index (Phi) is 3.21. The number of para-hydroxylation sites is 1. The van der Waals surface area contributed by atoms with E-state index in [2.05, 4.69) is 14.7 Å². The van der Waals surface area contributed by atoms with Crippen LogP contribution < -0.4 is 10.5 Å². The molecular weight excluding hydrogens is 270 g/mol. The number of nitrogen functional groups attached to an aromatic ring is 1. The first kappa shape index (κ1) is 13.4. The smallest absolute Gasteiger partial charge is 0.343 e. The van der Waals surface area contributed by atoms with Crippen LogP contribution in [-0.4, -0.2) is 23.0 Å². The zero-order chi connectivity index (χ0) is 15.0. The van der Waals surface area contributed by atoms with Crippen LogP contribution >= 0.6 is 0 Å². The molecule has 1 unspecified atom stereocenters. The molecule has 0 fully saturated rings. The Hall–Kier alpha value is -2.63. The van der Waals surface area contributed by atoms with E-state index in [9.17, 15) is 4.79 Å². The topological polar surface area (TPSA) is 87.3 Å². The molecule has 2 heterocycles. The van der Waals surface area contributed by atoms with Gasteiger partial charge in [0, 0.05) is 6.42 Å². The van der Waals surface area contributed by atoms with Crippen molar-refractivity contribution < 1.29 is 14.3 Å². The van der Waals surface area contributed by atoms with Crippen molar-refractivity contribution in [1.82, 2.24) is 9.97 Å².